The summed E-state index contributed by atoms with van der Waals surface area (Å²) >= 11 is 5.89. The lowest BCUT2D eigenvalue weighted by Gasteiger charge is -2.11. The van der Waals surface area contributed by atoms with Gasteiger partial charge in [-0.3, -0.25) is 9.44 Å². The smallest absolute Gasteiger partial charge is 0.261 e. The second-order valence-corrected chi connectivity index (χ2v) is 10.9. The molecule has 0 aliphatic rings. The molecule has 0 saturated carbocycles. The Balaban J connectivity index is 1.45. The van der Waals surface area contributed by atoms with Crippen molar-refractivity contribution in [1.82, 2.24) is 0 Å². The first-order valence-electron chi connectivity index (χ1n) is 9.96. The van der Waals surface area contributed by atoms with Gasteiger partial charge in [0.05, 0.1) is 15.5 Å². The van der Waals surface area contributed by atoms with Crippen molar-refractivity contribution >= 4 is 43.0 Å². The second kappa shape index (κ2) is 9.76. The van der Waals surface area contributed by atoms with E-state index in [9.17, 15) is 16.8 Å². The largest absolute Gasteiger partial charge is 0.457 e. The number of anilines is 2. The molecule has 0 aliphatic heterocycles. The molecule has 0 amide bonds. The summed E-state index contributed by atoms with van der Waals surface area (Å²) < 4.78 is 61.2. The third-order valence-electron chi connectivity index (χ3n) is 4.61. The van der Waals surface area contributed by atoms with Gasteiger partial charge in [-0.15, -0.1) is 0 Å². The molecule has 0 heterocycles. The van der Waals surface area contributed by atoms with Crippen molar-refractivity contribution in [3.05, 3.63) is 108 Å². The highest BCUT2D eigenvalue weighted by Crippen LogP contribution is 2.25. The van der Waals surface area contributed by atoms with Crippen molar-refractivity contribution in [3.63, 3.8) is 0 Å². The molecule has 0 saturated heterocycles. The van der Waals surface area contributed by atoms with Crippen LogP contribution in [0.4, 0.5) is 11.4 Å². The number of rotatable bonds is 8. The Morgan fingerprint density at radius 1 is 0.559 bits per heavy atom. The van der Waals surface area contributed by atoms with Crippen LogP contribution in [0.5, 0.6) is 11.5 Å². The average Bonchev–Trinajstić information content (AvgIpc) is 2.80. The Hall–Kier alpha value is -3.53. The summed E-state index contributed by atoms with van der Waals surface area (Å²) in [5.74, 6) is 1.13. The van der Waals surface area contributed by atoms with Crippen molar-refractivity contribution in [3.8, 4) is 11.5 Å². The lowest BCUT2D eigenvalue weighted by molar-refractivity contribution is 0.482. The van der Waals surface area contributed by atoms with E-state index in [2.05, 4.69) is 9.44 Å². The minimum Gasteiger partial charge on any atom is -0.457 e. The van der Waals surface area contributed by atoms with Crippen LogP contribution in [0.2, 0.25) is 5.02 Å². The zero-order valence-electron chi connectivity index (χ0n) is 17.6. The van der Waals surface area contributed by atoms with E-state index in [1.54, 1.807) is 42.5 Å². The highest BCUT2D eigenvalue weighted by Gasteiger charge is 2.17. The quantitative estimate of drug-likeness (QED) is 0.312. The molecule has 10 heteroatoms. The first-order chi connectivity index (χ1) is 16.2. The van der Waals surface area contributed by atoms with E-state index in [4.69, 9.17) is 16.3 Å². The SMILES string of the molecule is O=S(=O)(Nc1ccc(S(=O)(=O)Nc2cccc(Cl)c2)cc1)c1ccc(Oc2ccccc2)cc1. The van der Waals surface area contributed by atoms with Crippen LogP contribution in [0, 0.1) is 0 Å². The van der Waals surface area contributed by atoms with Crippen molar-refractivity contribution in [2.24, 2.45) is 0 Å². The molecule has 0 fully saturated rings. The van der Waals surface area contributed by atoms with Gasteiger partial charge in [-0.1, -0.05) is 35.9 Å². The Kier molecular flexibility index (Phi) is 6.78. The topological polar surface area (TPSA) is 102 Å². The first kappa shape index (κ1) is 23.6. The van der Waals surface area contributed by atoms with Crippen LogP contribution in [0.25, 0.3) is 0 Å². The minimum atomic E-state index is -3.89. The molecule has 34 heavy (non-hydrogen) atoms. The highest BCUT2D eigenvalue weighted by atomic mass is 35.5. The molecule has 0 aliphatic carbocycles. The molecule has 0 bridgehead atoms. The number of hydrogen-bond donors (Lipinski definition) is 2. The van der Waals surface area contributed by atoms with E-state index < -0.39 is 20.0 Å². The fourth-order valence-corrected chi connectivity index (χ4v) is 5.29. The molecule has 174 valence electrons. The van der Waals surface area contributed by atoms with Gasteiger partial charge in [0.1, 0.15) is 11.5 Å². The van der Waals surface area contributed by atoms with Crippen LogP contribution in [-0.2, 0) is 20.0 Å². The molecule has 4 rings (SSSR count). The van der Waals surface area contributed by atoms with Gasteiger partial charge in [0, 0.05) is 10.7 Å². The molecule has 4 aromatic rings. The zero-order chi connectivity index (χ0) is 24.2. The van der Waals surface area contributed by atoms with E-state index >= 15 is 0 Å². The van der Waals surface area contributed by atoms with Gasteiger partial charge in [-0.2, -0.15) is 0 Å². The molecular weight excluding hydrogens is 496 g/mol. The number of hydrogen-bond acceptors (Lipinski definition) is 5. The van der Waals surface area contributed by atoms with Crippen molar-refractivity contribution < 1.29 is 21.6 Å². The number of ether oxygens (including phenoxy) is 1. The second-order valence-electron chi connectivity index (χ2n) is 7.13. The number of nitrogens with one attached hydrogen (secondary N) is 2. The van der Waals surface area contributed by atoms with Crippen LogP contribution in [0.15, 0.2) is 113 Å². The van der Waals surface area contributed by atoms with Gasteiger partial charge in [0.25, 0.3) is 20.0 Å². The number of benzene rings is 4. The number of halogens is 1. The van der Waals surface area contributed by atoms with Gasteiger partial charge in [-0.25, -0.2) is 16.8 Å². The summed E-state index contributed by atoms with van der Waals surface area (Å²) in [7, 11) is -7.76. The maximum Gasteiger partial charge on any atom is 0.261 e. The third kappa shape index (κ3) is 5.88. The maximum atomic E-state index is 12.7. The minimum absolute atomic E-state index is 0.0298. The summed E-state index contributed by atoms with van der Waals surface area (Å²) in [5, 5.41) is 0.393. The molecular formula is C24H19ClN2O5S2. The van der Waals surface area contributed by atoms with Crippen LogP contribution in [0.1, 0.15) is 0 Å². The van der Waals surface area contributed by atoms with E-state index in [1.165, 1.54) is 42.5 Å². The fourth-order valence-electron chi connectivity index (χ4n) is 2.99. The predicted molar refractivity (Wildman–Crippen MR) is 132 cm³/mol. The zero-order valence-corrected chi connectivity index (χ0v) is 19.9. The number of para-hydroxylation sites is 1. The van der Waals surface area contributed by atoms with Crippen LogP contribution in [0.3, 0.4) is 0 Å². The van der Waals surface area contributed by atoms with E-state index in [0.717, 1.165) is 0 Å². The lowest BCUT2D eigenvalue weighted by atomic mass is 10.3. The van der Waals surface area contributed by atoms with E-state index in [1.807, 2.05) is 18.2 Å². The van der Waals surface area contributed by atoms with E-state index in [-0.39, 0.29) is 15.5 Å². The Labute approximate surface area is 203 Å². The maximum absolute atomic E-state index is 12.7. The van der Waals surface area contributed by atoms with Gasteiger partial charge in [0.2, 0.25) is 0 Å². The lowest BCUT2D eigenvalue weighted by Crippen LogP contribution is -2.14. The van der Waals surface area contributed by atoms with Gasteiger partial charge in [-0.05, 0) is 78.9 Å². The first-order valence-corrected chi connectivity index (χ1v) is 13.3. The highest BCUT2D eigenvalue weighted by molar-refractivity contribution is 7.93. The summed E-state index contributed by atoms with van der Waals surface area (Å²) in [4.78, 5) is 0.00469. The van der Waals surface area contributed by atoms with Gasteiger partial charge >= 0.3 is 0 Å². The Morgan fingerprint density at radius 3 is 1.68 bits per heavy atom. The molecule has 0 radical (unpaired) electrons. The molecule has 0 spiro atoms. The fraction of sp³-hybridized carbons (Fsp3) is 0. The molecule has 0 aromatic heterocycles. The van der Waals surface area contributed by atoms with E-state index in [0.29, 0.717) is 22.2 Å². The monoisotopic (exact) mass is 514 g/mol. The van der Waals surface area contributed by atoms with Gasteiger partial charge in [0.15, 0.2) is 0 Å². The normalized spacial score (nSPS) is 11.6. The summed E-state index contributed by atoms with van der Waals surface area (Å²) in [5.41, 5.74) is 0.531. The summed E-state index contributed by atoms with van der Waals surface area (Å²) in [6.07, 6.45) is 0. The molecule has 4 aromatic carbocycles. The van der Waals surface area contributed by atoms with Gasteiger partial charge < -0.3 is 4.74 Å². The Bertz CT molecular complexity index is 1490. The van der Waals surface area contributed by atoms with Crippen molar-refractivity contribution in [2.45, 2.75) is 9.79 Å². The van der Waals surface area contributed by atoms with Crippen LogP contribution in [-0.4, -0.2) is 16.8 Å². The average molecular weight is 515 g/mol. The predicted octanol–water partition coefficient (Wildman–Crippen LogP) is 5.73. The molecule has 7 nitrogen and oxygen atoms in total. The third-order valence-corrected chi connectivity index (χ3v) is 7.64. The van der Waals surface area contributed by atoms with Crippen molar-refractivity contribution in [2.75, 3.05) is 9.44 Å². The summed E-state index contributed by atoms with van der Waals surface area (Å²) in [6, 6.07) is 26.7. The molecule has 0 unspecified atom stereocenters. The summed E-state index contributed by atoms with van der Waals surface area (Å²) in [6.45, 7) is 0. The molecule has 0 atom stereocenters. The van der Waals surface area contributed by atoms with Crippen LogP contribution >= 0.6 is 11.6 Å². The number of sulfonamides is 2. The Morgan fingerprint density at radius 2 is 1.09 bits per heavy atom. The van der Waals surface area contributed by atoms with Crippen LogP contribution < -0.4 is 14.2 Å². The van der Waals surface area contributed by atoms with Crippen molar-refractivity contribution in [1.29, 1.82) is 0 Å². The molecule has 2 N–H and O–H groups in total. The standard InChI is InChI=1S/C24H19ClN2O5S2/c25-18-5-4-6-20(17-18)27-34(30,31)23-13-9-19(10-14-23)26-33(28,29)24-15-11-22(12-16-24)32-21-7-2-1-3-8-21/h1-17,26-27H.